The molecule has 0 spiro atoms. The second kappa shape index (κ2) is 12.0. The Hall–Kier alpha value is 0.247. The number of allylic oxidation sites excluding steroid dienone is 1. The molecule has 0 aliphatic heterocycles. The van der Waals surface area contributed by atoms with E-state index in [1.165, 1.54) is 75.8 Å². The summed E-state index contributed by atoms with van der Waals surface area (Å²) < 4.78 is 0. The molecule has 0 bridgehead atoms. The molecule has 0 rings (SSSR count). The van der Waals surface area contributed by atoms with Crippen LogP contribution in [0.2, 0.25) is 13.1 Å². The lowest BCUT2D eigenvalue weighted by Gasteiger charge is -2.16. The molecule has 0 fully saturated rings. The molecule has 0 atom stereocenters. The second-order valence-corrected chi connectivity index (χ2v) is 12.8. The van der Waals surface area contributed by atoms with Crippen LogP contribution in [-0.4, -0.2) is 7.38 Å². The average molecular weight is 303 g/mol. The summed E-state index contributed by atoms with van der Waals surface area (Å²) in [6, 6.07) is 0. The maximum absolute atomic E-state index is 6.36. The number of halogens is 1. The lowest BCUT2D eigenvalue weighted by atomic mass is 10.1. The van der Waals surface area contributed by atoms with Gasteiger partial charge in [0.1, 0.15) is 0 Å². The lowest BCUT2D eigenvalue weighted by molar-refractivity contribution is 0.550. The standard InChI is InChI=1S/C17H35ClSi/c1-5-6-7-8-9-10-11-12-13-14-15-16-17(2)19(3,4)18/h2,5-16H2,1,3-4H3. The smallest absolute Gasteiger partial charge is 0.162 e. The molecular weight excluding hydrogens is 268 g/mol. The van der Waals surface area contributed by atoms with Crippen molar-refractivity contribution in [3.8, 4) is 0 Å². The Bertz CT molecular complexity index is 218. The predicted molar refractivity (Wildman–Crippen MR) is 93.6 cm³/mol. The van der Waals surface area contributed by atoms with Gasteiger partial charge in [0.2, 0.25) is 0 Å². The van der Waals surface area contributed by atoms with E-state index in [2.05, 4.69) is 26.6 Å². The molecule has 0 saturated carbocycles. The van der Waals surface area contributed by atoms with Crippen LogP contribution in [0.4, 0.5) is 0 Å². The van der Waals surface area contributed by atoms with Gasteiger partial charge in [0, 0.05) is 0 Å². The molecule has 2 heteroatoms. The zero-order valence-corrected chi connectivity index (χ0v) is 15.3. The number of hydrogen-bond donors (Lipinski definition) is 0. The van der Waals surface area contributed by atoms with Crippen LogP contribution in [0.3, 0.4) is 0 Å². The van der Waals surface area contributed by atoms with Crippen LogP contribution in [0.25, 0.3) is 0 Å². The highest BCUT2D eigenvalue weighted by atomic mass is 35.6. The lowest BCUT2D eigenvalue weighted by Crippen LogP contribution is -2.19. The number of unbranched alkanes of at least 4 members (excludes halogenated alkanes) is 10. The van der Waals surface area contributed by atoms with Crippen molar-refractivity contribution in [2.45, 2.75) is 97.1 Å². The Kier molecular flexibility index (Phi) is 12.2. The molecule has 0 aromatic carbocycles. The van der Waals surface area contributed by atoms with Crippen LogP contribution in [0.1, 0.15) is 84.0 Å². The molecule has 0 aromatic heterocycles. The summed E-state index contributed by atoms with van der Waals surface area (Å²) in [6.07, 6.45) is 16.6. The normalized spacial score (nSPS) is 11.8. The molecule has 0 aliphatic rings. The third kappa shape index (κ3) is 13.0. The van der Waals surface area contributed by atoms with Gasteiger partial charge in [-0.2, -0.15) is 11.1 Å². The van der Waals surface area contributed by atoms with Crippen molar-refractivity contribution in [3.63, 3.8) is 0 Å². The van der Waals surface area contributed by atoms with Crippen LogP contribution >= 0.6 is 11.1 Å². The van der Waals surface area contributed by atoms with Gasteiger partial charge in [-0.3, -0.25) is 0 Å². The van der Waals surface area contributed by atoms with E-state index in [1.807, 2.05) is 0 Å². The van der Waals surface area contributed by atoms with Crippen molar-refractivity contribution in [3.05, 3.63) is 11.8 Å². The van der Waals surface area contributed by atoms with Gasteiger partial charge >= 0.3 is 0 Å². The minimum absolute atomic E-state index is 1.15. The quantitative estimate of drug-likeness (QED) is 0.191. The van der Waals surface area contributed by atoms with Gasteiger partial charge in [0.05, 0.1) is 0 Å². The van der Waals surface area contributed by atoms with Crippen LogP contribution in [0.5, 0.6) is 0 Å². The molecule has 0 aliphatic carbocycles. The molecule has 0 unspecified atom stereocenters. The molecule has 0 amide bonds. The van der Waals surface area contributed by atoms with Crippen LogP contribution < -0.4 is 0 Å². The number of rotatable bonds is 13. The van der Waals surface area contributed by atoms with E-state index in [-0.39, 0.29) is 0 Å². The van der Waals surface area contributed by atoms with E-state index in [0.717, 1.165) is 6.42 Å². The highest BCUT2D eigenvalue weighted by molar-refractivity contribution is 7.22. The summed E-state index contributed by atoms with van der Waals surface area (Å²) in [7, 11) is -1.58. The third-order valence-corrected chi connectivity index (χ3v) is 6.66. The molecule has 114 valence electrons. The first-order valence-corrected chi connectivity index (χ1v) is 12.4. The van der Waals surface area contributed by atoms with Gasteiger partial charge in [-0.25, -0.2) is 0 Å². The van der Waals surface area contributed by atoms with Gasteiger partial charge < -0.3 is 0 Å². The van der Waals surface area contributed by atoms with E-state index in [0.29, 0.717) is 0 Å². The first-order chi connectivity index (χ1) is 8.98. The zero-order chi connectivity index (χ0) is 14.6. The zero-order valence-electron chi connectivity index (χ0n) is 13.6. The van der Waals surface area contributed by atoms with Crippen molar-refractivity contribution in [1.29, 1.82) is 0 Å². The summed E-state index contributed by atoms with van der Waals surface area (Å²) in [6.45, 7) is 10.8. The minimum atomic E-state index is -1.58. The molecular formula is C17H35ClSi. The van der Waals surface area contributed by atoms with Gasteiger partial charge in [-0.05, 0) is 12.8 Å². The van der Waals surface area contributed by atoms with Crippen molar-refractivity contribution >= 4 is 18.5 Å². The van der Waals surface area contributed by atoms with Crippen LogP contribution in [0.15, 0.2) is 11.8 Å². The Morgan fingerprint density at radius 3 is 1.53 bits per heavy atom. The van der Waals surface area contributed by atoms with E-state index >= 15 is 0 Å². The van der Waals surface area contributed by atoms with Gasteiger partial charge in [0.25, 0.3) is 0 Å². The molecule has 19 heavy (non-hydrogen) atoms. The summed E-state index contributed by atoms with van der Waals surface area (Å²) in [5, 5.41) is 1.32. The predicted octanol–water partition coefficient (Wildman–Crippen LogP) is 7.23. The first kappa shape index (κ1) is 19.2. The summed E-state index contributed by atoms with van der Waals surface area (Å²) in [5.74, 6) is 0. The van der Waals surface area contributed by atoms with E-state index in [4.69, 9.17) is 11.1 Å². The molecule has 0 N–H and O–H groups in total. The maximum atomic E-state index is 6.36. The Labute approximate surface area is 127 Å². The van der Waals surface area contributed by atoms with Gasteiger partial charge in [-0.15, -0.1) is 6.58 Å². The van der Waals surface area contributed by atoms with Gasteiger partial charge in [0.15, 0.2) is 7.38 Å². The van der Waals surface area contributed by atoms with Crippen molar-refractivity contribution in [2.24, 2.45) is 0 Å². The largest absolute Gasteiger partial charge is 0.176 e. The summed E-state index contributed by atoms with van der Waals surface area (Å²) in [5.41, 5.74) is 0. The molecule has 0 aromatic rings. The van der Waals surface area contributed by atoms with Gasteiger partial charge in [-0.1, -0.05) is 89.4 Å². The molecule has 0 nitrogen and oxygen atoms in total. The maximum Gasteiger partial charge on any atom is 0.176 e. The fraction of sp³-hybridized carbons (Fsp3) is 0.882. The van der Waals surface area contributed by atoms with Crippen molar-refractivity contribution in [1.82, 2.24) is 0 Å². The second-order valence-electron chi connectivity index (χ2n) is 6.36. The van der Waals surface area contributed by atoms with E-state index in [9.17, 15) is 0 Å². The minimum Gasteiger partial charge on any atom is -0.162 e. The average Bonchev–Trinajstić information content (AvgIpc) is 2.34. The summed E-state index contributed by atoms with van der Waals surface area (Å²) in [4.78, 5) is 0. The Morgan fingerprint density at radius 2 is 1.16 bits per heavy atom. The monoisotopic (exact) mass is 302 g/mol. The van der Waals surface area contributed by atoms with Crippen molar-refractivity contribution < 1.29 is 0 Å². The molecule has 0 heterocycles. The third-order valence-electron chi connectivity index (χ3n) is 3.92. The Morgan fingerprint density at radius 1 is 0.789 bits per heavy atom. The Balaban J connectivity index is 3.17. The molecule has 0 saturated heterocycles. The fourth-order valence-electron chi connectivity index (χ4n) is 2.30. The number of hydrogen-bond acceptors (Lipinski definition) is 0. The van der Waals surface area contributed by atoms with E-state index < -0.39 is 7.38 Å². The first-order valence-electron chi connectivity index (χ1n) is 8.35. The van der Waals surface area contributed by atoms with E-state index in [1.54, 1.807) is 0 Å². The molecule has 0 radical (unpaired) electrons. The highest BCUT2D eigenvalue weighted by Crippen LogP contribution is 2.23. The van der Waals surface area contributed by atoms with Crippen LogP contribution in [-0.2, 0) is 0 Å². The fourth-order valence-corrected chi connectivity index (χ4v) is 3.35. The summed E-state index contributed by atoms with van der Waals surface area (Å²) >= 11 is 6.36. The highest BCUT2D eigenvalue weighted by Gasteiger charge is 2.20. The SMILES string of the molecule is C=C(CCCCCCCCCCCCC)[Si](C)(C)Cl. The van der Waals surface area contributed by atoms with Crippen molar-refractivity contribution in [2.75, 3.05) is 0 Å². The topological polar surface area (TPSA) is 0 Å². The van der Waals surface area contributed by atoms with Crippen LogP contribution in [0, 0.1) is 0 Å².